The maximum Gasteiger partial charge on any atom is 0.194 e. The lowest BCUT2D eigenvalue weighted by molar-refractivity contribution is 0.835. The molecule has 0 unspecified atom stereocenters. The molecule has 1 N–H and O–H groups in total. The second kappa shape index (κ2) is 5.34. The molecule has 1 aromatic rings. The van der Waals surface area contributed by atoms with Crippen molar-refractivity contribution in [2.45, 2.75) is 0 Å². The van der Waals surface area contributed by atoms with Gasteiger partial charge in [0.2, 0.25) is 0 Å². The first-order valence-electron chi connectivity index (χ1n) is 4.29. The van der Waals surface area contributed by atoms with Crippen molar-refractivity contribution in [1.82, 2.24) is 9.88 Å². The zero-order valence-corrected chi connectivity index (χ0v) is 8.92. The number of aryl methyl sites for hydroxylation is 1. The summed E-state index contributed by atoms with van der Waals surface area (Å²) < 4.78 is 1.90. The lowest BCUT2D eigenvalue weighted by atomic mass is 10.5. The fourth-order valence-electron chi connectivity index (χ4n) is 0.934. The monoisotopic (exact) mass is 207 g/mol. The SMILES string of the molecule is C=CCNC(=S)/N=c1\ccccn1C. The summed E-state index contributed by atoms with van der Waals surface area (Å²) in [6.45, 7) is 4.23. The van der Waals surface area contributed by atoms with Crippen molar-refractivity contribution in [3.8, 4) is 0 Å². The predicted molar refractivity (Wildman–Crippen MR) is 61.8 cm³/mol. The summed E-state index contributed by atoms with van der Waals surface area (Å²) >= 11 is 5.02. The minimum absolute atomic E-state index is 0.478. The van der Waals surface area contributed by atoms with E-state index in [9.17, 15) is 0 Å². The van der Waals surface area contributed by atoms with E-state index in [-0.39, 0.29) is 0 Å². The van der Waals surface area contributed by atoms with E-state index in [1.54, 1.807) is 6.08 Å². The molecule has 14 heavy (non-hydrogen) atoms. The van der Waals surface area contributed by atoms with E-state index < -0.39 is 0 Å². The standard InChI is InChI=1S/C10H13N3S/c1-3-7-11-10(14)12-9-6-4-5-8-13(9)2/h3-6,8H,1,7H2,2H3,(H,11,14)/b12-9+. The Morgan fingerprint density at radius 3 is 3.14 bits per heavy atom. The van der Waals surface area contributed by atoms with Crippen LogP contribution in [0.5, 0.6) is 0 Å². The van der Waals surface area contributed by atoms with Crippen LogP contribution in [0.25, 0.3) is 0 Å². The molecule has 0 aliphatic heterocycles. The van der Waals surface area contributed by atoms with Crippen LogP contribution in [0.3, 0.4) is 0 Å². The summed E-state index contributed by atoms with van der Waals surface area (Å²) in [6, 6.07) is 5.77. The average molecular weight is 207 g/mol. The Bertz CT molecular complexity index is 392. The third-order valence-electron chi connectivity index (χ3n) is 1.64. The number of hydrogen-bond acceptors (Lipinski definition) is 1. The minimum atomic E-state index is 0.478. The van der Waals surface area contributed by atoms with Gasteiger partial charge in [0, 0.05) is 19.8 Å². The van der Waals surface area contributed by atoms with Crippen LogP contribution in [-0.4, -0.2) is 16.2 Å². The summed E-state index contributed by atoms with van der Waals surface area (Å²) in [5, 5.41) is 3.42. The maximum atomic E-state index is 5.02. The van der Waals surface area contributed by atoms with Gasteiger partial charge in [-0.2, -0.15) is 0 Å². The Morgan fingerprint density at radius 2 is 2.50 bits per heavy atom. The number of nitrogens with zero attached hydrogens (tertiary/aromatic N) is 2. The van der Waals surface area contributed by atoms with Gasteiger partial charge in [-0.1, -0.05) is 12.1 Å². The van der Waals surface area contributed by atoms with Crippen LogP contribution in [0.4, 0.5) is 0 Å². The van der Waals surface area contributed by atoms with Crippen LogP contribution in [0.2, 0.25) is 0 Å². The van der Waals surface area contributed by atoms with E-state index in [4.69, 9.17) is 12.2 Å². The van der Waals surface area contributed by atoms with Gasteiger partial charge in [-0.3, -0.25) is 0 Å². The third-order valence-corrected chi connectivity index (χ3v) is 1.88. The second-order valence-electron chi connectivity index (χ2n) is 2.76. The van der Waals surface area contributed by atoms with Crippen LogP contribution in [0.1, 0.15) is 0 Å². The first-order chi connectivity index (χ1) is 6.74. The van der Waals surface area contributed by atoms with Crippen LogP contribution < -0.4 is 10.8 Å². The highest BCUT2D eigenvalue weighted by molar-refractivity contribution is 7.80. The van der Waals surface area contributed by atoms with Crippen molar-refractivity contribution in [2.24, 2.45) is 12.0 Å². The molecule has 0 aliphatic rings. The van der Waals surface area contributed by atoms with Crippen LogP contribution >= 0.6 is 12.2 Å². The first-order valence-corrected chi connectivity index (χ1v) is 4.70. The van der Waals surface area contributed by atoms with E-state index in [0.717, 1.165) is 5.49 Å². The Balaban J connectivity index is 2.82. The number of rotatable bonds is 2. The summed E-state index contributed by atoms with van der Waals surface area (Å²) in [7, 11) is 1.93. The topological polar surface area (TPSA) is 29.3 Å². The zero-order chi connectivity index (χ0) is 10.4. The molecule has 0 saturated carbocycles. The summed E-state index contributed by atoms with van der Waals surface area (Å²) in [5.41, 5.74) is 0.828. The normalized spacial score (nSPS) is 11.1. The molecular weight excluding hydrogens is 194 g/mol. The highest BCUT2D eigenvalue weighted by Crippen LogP contribution is 1.78. The molecule has 3 nitrogen and oxygen atoms in total. The lowest BCUT2D eigenvalue weighted by Crippen LogP contribution is -2.25. The van der Waals surface area contributed by atoms with Crippen molar-refractivity contribution in [3.63, 3.8) is 0 Å². The third kappa shape index (κ3) is 3.14. The molecule has 0 radical (unpaired) electrons. The van der Waals surface area contributed by atoms with Crippen molar-refractivity contribution >= 4 is 17.3 Å². The molecule has 0 spiro atoms. The van der Waals surface area contributed by atoms with Gasteiger partial charge in [0.25, 0.3) is 0 Å². The summed E-state index contributed by atoms with van der Waals surface area (Å²) in [4.78, 5) is 4.23. The molecule has 0 bridgehead atoms. The summed E-state index contributed by atoms with van der Waals surface area (Å²) in [6.07, 6.45) is 3.67. The maximum absolute atomic E-state index is 5.02. The molecule has 1 rings (SSSR count). The van der Waals surface area contributed by atoms with Gasteiger partial charge < -0.3 is 9.88 Å². The van der Waals surface area contributed by atoms with Crippen LogP contribution in [-0.2, 0) is 7.05 Å². The smallest absolute Gasteiger partial charge is 0.194 e. The minimum Gasteiger partial charge on any atom is -0.357 e. The molecule has 0 atom stereocenters. The van der Waals surface area contributed by atoms with Gasteiger partial charge in [0.05, 0.1) is 0 Å². The van der Waals surface area contributed by atoms with Gasteiger partial charge in [-0.05, 0) is 24.4 Å². The lowest BCUT2D eigenvalue weighted by Gasteiger charge is -2.00. The van der Waals surface area contributed by atoms with Crippen molar-refractivity contribution in [1.29, 1.82) is 0 Å². The predicted octanol–water partition coefficient (Wildman–Crippen LogP) is 0.986. The van der Waals surface area contributed by atoms with Gasteiger partial charge in [-0.25, -0.2) is 4.99 Å². The number of aromatic nitrogens is 1. The van der Waals surface area contributed by atoms with Crippen molar-refractivity contribution in [2.75, 3.05) is 6.54 Å². The quantitative estimate of drug-likeness (QED) is 0.579. The molecular formula is C10H13N3S. The molecule has 0 amide bonds. The van der Waals surface area contributed by atoms with Gasteiger partial charge in [0.1, 0.15) is 5.49 Å². The van der Waals surface area contributed by atoms with Crippen LogP contribution in [0.15, 0.2) is 42.0 Å². The van der Waals surface area contributed by atoms with Gasteiger partial charge in [0.15, 0.2) is 5.11 Å². The second-order valence-corrected chi connectivity index (χ2v) is 3.14. The van der Waals surface area contributed by atoms with E-state index in [1.165, 1.54) is 0 Å². The van der Waals surface area contributed by atoms with E-state index >= 15 is 0 Å². The molecule has 74 valence electrons. The Morgan fingerprint density at radius 1 is 1.71 bits per heavy atom. The molecule has 0 aliphatic carbocycles. The molecule has 1 aromatic heterocycles. The van der Waals surface area contributed by atoms with Crippen LogP contribution in [0, 0.1) is 0 Å². The fraction of sp³-hybridized carbons (Fsp3) is 0.200. The van der Waals surface area contributed by atoms with E-state index in [1.807, 2.05) is 36.0 Å². The Labute approximate surface area is 88.8 Å². The average Bonchev–Trinajstić information content (AvgIpc) is 2.18. The molecule has 1 heterocycles. The number of pyridine rings is 1. The highest BCUT2D eigenvalue weighted by Gasteiger charge is 1.89. The van der Waals surface area contributed by atoms with Crippen molar-refractivity contribution < 1.29 is 0 Å². The highest BCUT2D eigenvalue weighted by atomic mass is 32.1. The first kappa shape index (κ1) is 10.7. The summed E-state index contributed by atoms with van der Waals surface area (Å²) in [5.74, 6) is 0. The Kier molecular flexibility index (Phi) is 4.07. The van der Waals surface area contributed by atoms with E-state index in [2.05, 4.69) is 16.9 Å². The largest absolute Gasteiger partial charge is 0.357 e. The van der Waals surface area contributed by atoms with Gasteiger partial charge >= 0.3 is 0 Å². The molecule has 0 aromatic carbocycles. The molecule has 4 heteroatoms. The molecule has 0 saturated heterocycles. The number of thiocarbonyl (C=S) groups is 1. The Hall–Kier alpha value is -1.42. The number of hydrogen-bond donors (Lipinski definition) is 1. The zero-order valence-electron chi connectivity index (χ0n) is 8.10. The van der Waals surface area contributed by atoms with Gasteiger partial charge in [-0.15, -0.1) is 6.58 Å². The molecule has 0 fully saturated rings. The van der Waals surface area contributed by atoms with E-state index in [0.29, 0.717) is 11.7 Å². The van der Waals surface area contributed by atoms with Crippen molar-refractivity contribution in [3.05, 3.63) is 42.5 Å². The number of nitrogens with one attached hydrogen (secondary N) is 1. The fourth-order valence-corrected chi connectivity index (χ4v) is 1.11.